The first-order valence-corrected chi connectivity index (χ1v) is 8.45. The van der Waals surface area contributed by atoms with Crippen LogP contribution in [0.4, 0.5) is 0 Å². The first-order chi connectivity index (χ1) is 11.8. The summed E-state index contributed by atoms with van der Waals surface area (Å²) in [4.78, 5) is 16.7. The monoisotopic (exact) mass is 336 g/mol. The van der Waals surface area contributed by atoms with Gasteiger partial charge in [-0.1, -0.05) is 50.6 Å². The smallest absolute Gasteiger partial charge is 0.339 e. The number of imidazole rings is 1. The molecule has 3 rings (SSSR count). The number of hydrogen-bond donors (Lipinski definition) is 0. The van der Waals surface area contributed by atoms with E-state index in [9.17, 15) is 4.79 Å². The van der Waals surface area contributed by atoms with Crippen LogP contribution < -0.4 is 0 Å². The summed E-state index contributed by atoms with van der Waals surface area (Å²) in [5.74, 6) is -0.339. The van der Waals surface area contributed by atoms with Crippen molar-refractivity contribution in [1.29, 1.82) is 0 Å². The van der Waals surface area contributed by atoms with E-state index in [1.54, 1.807) is 6.07 Å². The summed E-state index contributed by atoms with van der Waals surface area (Å²) in [6.07, 6.45) is 2.68. The Morgan fingerprint density at radius 2 is 1.80 bits per heavy atom. The number of carbonyl (C=O) groups is 1. The lowest BCUT2D eigenvalue weighted by molar-refractivity contribution is 0.0600. The number of rotatable bonds is 3. The molecular weight excluding hydrogens is 312 g/mol. The van der Waals surface area contributed by atoms with Crippen molar-refractivity contribution in [2.24, 2.45) is 5.41 Å². The molecule has 0 radical (unpaired) electrons. The van der Waals surface area contributed by atoms with Crippen molar-refractivity contribution < 1.29 is 9.53 Å². The largest absolute Gasteiger partial charge is 0.465 e. The SMILES string of the molecule is COC(=O)c1ccc2nc(-c3ccc(C)cc3)c(CC(C)(C)C)n2c1. The molecule has 2 aromatic heterocycles. The second-order valence-electron chi connectivity index (χ2n) is 7.65. The molecule has 0 fully saturated rings. The van der Waals surface area contributed by atoms with Crippen molar-refractivity contribution in [2.75, 3.05) is 7.11 Å². The zero-order valence-corrected chi connectivity index (χ0v) is 15.5. The normalized spacial score (nSPS) is 11.7. The average Bonchev–Trinajstić information content (AvgIpc) is 2.91. The molecule has 0 aliphatic carbocycles. The minimum absolute atomic E-state index is 0.0939. The van der Waals surface area contributed by atoms with E-state index in [4.69, 9.17) is 9.72 Å². The van der Waals surface area contributed by atoms with Gasteiger partial charge in [-0.05, 0) is 30.9 Å². The number of carbonyl (C=O) groups excluding carboxylic acids is 1. The molecule has 0 atom stereocenters. The third kappa shape index (κ3) is 3.58. The number of methoxy groups -OCH3 is 1. The number of pyridine rings is 1. The van der Waals surface area contributed by atoms with E-state index in [-0.39, 0.29) is 11.4 Å². The van der Waals surface area contributed by atoms with Gasteiger partial charge in [0.2, 0.25) is 0 Å². The second-order valence-corrected chi connectivity index (χ2v) is 7.65. The van der Waals surface area contributed by atoms with Gasteiger partial charge in [0.05, 0.1) is 24.1 Å². The molecule has 0 bridgehead atoms. The molecule has 25 heavy (non-hydrogen) atoms. The first-order valence-electron chi connectivity index (χ1n) is 8.45. The standard InChI is InChI=1S/C21H24N2O2/c1-14-6-8-15(9-7-14)19-17(12-21(2,3)4)23-13-16(20(24)25-5)10-11-18(23)22-19/h6-11,13H,12H2,1-5H3. The third-order valence-corrected chi connectivity index (χ3v) is 4.16. The fraction of sp³-hybridized carbons (Fsp3) is 0.333. The fourth-order valence-electron chi connectivity index (χ4n) is 2.95. The van der Waals surface area contributed by atoms with Crippen LogP contribution in [0, 0.1) is 12.3 Å². The van der Waals surface area contributed by atoms with Crippen molar-refractivity contribution in [3.05, 3.63) is 59.4 Å². The predicted octanol–water partition coefficient (Wildman–Crippen LogP) is 4.68. The number of aromatic nitrogens is 2. The fourth-order valence-corrected chi connectivity index (χ4v) is 2.95. The lowest BCUT2D eigenvalue weighted by Crippen LogP contribution is -2.12. The Bertz CT molecular complexity index is 915. The summed E-state index contributed by atoms with van der Waals surface area (Å²) < 4.78 is 6.88. The van der Waals surface area contributed by atoms with Crippen LogP contribution in [0.3, 0.4) is 0 Å². The highest BCUT2D eigenvalue weighted by molar-refractivity contribution is 5.89. The van der Waals surface area contributed by atoms with Crippen molar-refractivity contribution in [2.45, 2.75) is 34.1 Å². The van der Waals surface area contributed by atoms with Gasteiger partial charge in [0.1, 0.15) is 5.65 Å². The van der Waals surface area contributed by atoms with Crippen molar-refractivity contribution in [3.8, 4) is 11.3 Å². The quantitative estimate of drug-likeness (QED) is 0.652. The average molecular weight is 336 g/mol. The Kier molecular flexibility index (Phi) is 4.38. The highest BCUT2D eigenvalue weighted by Gasteiger charge is 2.21. The van der Waals surface area contributed by atoms with Crippen LogP contribution in [-0.2, 0) is 11.2 Å². The summed E-state index contributed by atoms with van der Waals surface area (Å²) in [5.41, 5.74) is 5.84. The van der Waals surface area contributed by atoms with Gasteiger partial charge >= 0.3 is 5.97 Å². The van der Waals surface area contributed by atoms with Gasteiger partial charge in [0.15, 0.2) is 0 Å². The molecule has 2 heterocycles. The van der Waals surface area contributed by atoms with E-state index in [0.29, 0.717) is 5.56 Å². The minimum atomic E-state index is -0.339. The van der Waals surface area contributed by atoms with Crippen LogP contribution in [0.5, 0.6) is 0 Å². The highest BCUT2D eigenvalue weighted by Crippen LogP contribution is 2.30. The van der Waals surface area contributed by atoms with Crippen LogP contribution >= 0.6 is 0 Å². The maximum atomic E-state index is 11.9. The molecule has 0 N–H and O–H groups in total. The van der Waals surface area contributed by atoms with Crippen molar-refractivity contribution in [1.82, 2.24) is 9.38 Å². The lowest BCUT2D eigenvalue weighted by atomic mass is 9.89. The van der Waals surface area contributed by atoms with Gasteiger partial charge in [-0.25, -0.2) is 9.78 Å². The van der Waals surface area contributed by atoms with Gasteiger partial charge < -0.3 is 9.14 Å². The van der Waals surface area contributed by atoms with E-state index >= 15 is 0 Å². The number of aryl methyl sites for hydroxylation is 1. The van der Waals surface area contributed by atoms with Gasteiger partial charge in [-0.2, -0.15) is 0 Å². The Morgan fingerprint density at radius 3 is 2.40 bits per heavy atom. The summed E-state index contributed by atoms with van der Waals surface area (Å²) in [5, 5.41) is 0. The van der Waals surface area contributed by atoms with E-state index in [2.05, 4.69) is 52.0 Å². The number of nitrogens with zero attached hydrogens (tertiary/aromatic N) is 2. The zero-order valence-electron chi connectivity index (χ0n) is 15.5. The molecular formula is C21H24N2O2. The predicted molar refractivity (Wildman–Crippen MR) is 99.9 cm³/mol. The van der Waals surface area contributed by atoms with Crippen molar-refractivity contribution in [3.63, 3.8) is 0 Å². The molecule has 0 saturated heterocycles. The number of hydrogen-bond acceptors (Lipinski definition) is 3. The van der Waals surface area contributed by atoms with Crippen molar-refractivity contribution >= 4 is 11.6 Å². The lowest BCUT2D eigenvalue weighted by Gasteiger charge is -2.19. The molecule has 130 valence electrons. The molecule has 0 aliphatic heterocycles. The van der Waals surface area contributed by atoms with E-state index in [1.807, 2.05) is 16.7 Å². The van der Waals surface area contributed by atoms with Gasteiger partial charge in [-0.3, -0.25) is 0 Å². The van der Waals surface area contributed by atoms with Crippen LogP contribution in [0.2, 0.25) is 0 Å². The maximum Gasteiger partial charge on any atom is 0.339 e. The molecule has 4 nitrogen and oxygen atoms in total. The van der Waals surface area contributed by atoms with E-state index < -0.39 is 0 Å². The second kappa shape index (κ2) is 6.36. The molecule has 0 saturated carbocycles. The Hall–Kier alpha value is -2.62. The Morgan fingerprint density at radius 1 is 1.12 bits per heavy atom. The molecule has 4 heteroatoms. The van der Waals surface area contributed by atoms with Gasteiger partial charge in [-0.15, -0.1) is 0 Å². The number of fused-ring (bicyclic) bond motifs is 1. The maximum absolute atomic E-state index is 11.9. The number of ether oxygens (including phenoxy) is 1. The highest BCUT2D eigenvalue weighted by atomic mass is 16.5. The first kappa shape index (κ1) is 17.2. The van der Waals surface area contributed by atoms with Crippen LogP contribution in [-0.4, -0.2) is 22.5 Å². The minimum Gasteiger partial charge on any atom is -0.465 e. The Balaban J connectivity index is 2.23. The van der Waals surface area contributed by atoms with Crippen LogP contribution in [0.1, 0.15) is 42.4 Å². The molecule has 0 unspecified atom stereocenters. The molecule has 1 aromatic carbocycles. The van der Waals surface area contributed by atoms with E-state index in [0.717, 1.165) is 29.0 Å². The summed E-state index contributed by atoms with van der Waals surface area (Å²) in [6, 6.07) is 12.0. The molecule has 0 spiro atoms. The van der Waals surface area contributed by atoms with E-state index in [1.165, 1.54) is 12.7 Å². The van der Waals surface area contributed by atoms with Gasteiger partial charge in [0.25, 0.3) is 0 Å². The molecule has 0 amide bonds. The van der Waals surface area contributed by atoms with Crippen LogP contribution in [0.25, 0.3) is 16.9 Å². The summed E-state index contributed by atoms with van der Waals surface area (Å²) >= 11 is 0. The molecule has 0 aliphatic rings. The summed E-state index contributed by atoms with van der Waals surface area (Å²) in [7, 11) is 1.40. The zero-order chi connectivity index (χ0) is 18.2. The number of esters is 1. The third-order valence-electron chi connectivity index (χ3n) is 4.16. The number of benzene rings is 1. The summed E-state index contributed by atoms with van der Waals surface area (Å²) in [6.45, 7) is 8.69. The Labute approximate surface area is 148 Å². The molecule has 3 aromatic rings. The van der Waals surface area contributed by atoms with Crippen LogP contribution in [0.15, 0.2) is 42.6 Å². The van der Waals surface area contributed by atoms with Gasteiger partial charge in [0, 0.05) is 11.8 Å². The topological polar surface area (TPSA) is 43.6 Å².